The molecule has 124 valence electrons. The summed E-state index contributed by atoms with van der Waals surface area (Å²) in [5.74, 6) is -0.305. The molecule has 0 aliphatic heterocycles. The minimum Gasteiger partial charge on any atom is -0.359 e. The van der Waals surface area contributed by atoms with Gasteiger partial charge in [-0.2, -0.15) is 5.26 Å². The van der Waals surface area contributed by atoms with Gasteiger partial charge in [-0.1, -0.05) is 23.2 Å². The fourth-order valence-electron chi connectivity index (χ4n) is 2.05. The number of benzene rings is 2. The number of allylic oxidation sites excluding steroid dienone is 1. The van der Waals surface area contributed by atoms with E-state index >= 15 is 0 Å². The lowest BCUT2D eigenvalue weighted by molar-refractivity contribution is 0.628. The molecular formula is C18H10Cl2FN3S. The molecule has 1 aromatic heterocycles. The Labute approximate surface area is 158 Å². The largest absolute Gasteiger partial charge is 0.359 e. The monoisotopic (exact) mass is 389 g/mol. The Kier molecular flexibility index (Phi) is 5.34. The molecule has 0 atom stereocenters. The van der Waals surface area contributed by atoms with Crippen LogP contribution in [0.3, 0.4) is 0 Å². The molecule has 25 heavy (non-hydrogen) atoms. The molecule has 3 aromatic rings. The first-order chi connectivity index (χ1) is 12.1. The van der Waals surface area contributed by atoms with Crippen LogP contribution in [0.5, 0.6) is 0 Å². The van der Waals surface area contributed by atoms with E-state index in [1.165, 1.54) is 23.5 Å². The van der Waals surface area contributed by atoms with Crippen LogP contribution in [0.15, 0.2) is 54.0 Å². The molecule has 3 rings (SSSR count). The first-order valence-electron chi connectivity index (χ1n) is 7.10. The van der Waals surface area contributed by atoms with Crippen LogP contribution in [0.4, 0.5) is 10.1 Å². The van der Waals surface area contributed by atoms with Crippen molar-refractivity contribution in [1.29, 1.82) is 5.26 Å². The predicted molar refractivity (Wildman–Crippen MR) is 101 cm³/mol. The normalized spacial score (nSPS) is 11.2. The zero-order valence-electron chi connectivity index (χ0n) is 12.6. The third-order valence-electron chi connectivity index (χ3n) is 3.30. The van der Waals surface area contributed by atoms with Crippen molar-refractivity contribution in [3.05, 3.63) is 74.9 Å². The SMILES string of the molecule is N#CC(=CNc1ccc(Cl)cc1Cl)c1nc(-c2ccc(F)cc2)cs1. The van der Waals surface area contributed by atoms with Gasteiger partial charge in [0.05, 0.1) is 16.4 Å². The van der Waals surface area contributed by atoms with Crippen LogP contribution >= 0.6 is 34.5 Å². The molecule has 0 saturated carbocycles. The van der Waals surface area contributed by atoms with Crippen LogP contribution in [-0.2, 0) is 0 Å². The van der Waals surface area contributed by atoms with E-state index in [2.05, 4.69) is 16.4 Å². The third kappa shape index (κ3) is 4.18. The van der Waals surface area contributed by atoms with Crippen molar-refractivity contribution < 1.29 is 4.39 Å². The summed E-state index contributed by atoms with van der Waals surface area (Å²) < 4.78 is 13.0. The highest BCUT2D eigenvalue weighted by atomic mass is 35.5. The van der Waals surface area contributed by atoms with Gasteiger partial charge >= 0.3 is 0 Å². The quantitative estimate of drug-likeness (QED) is 0.537. The van der Waals surface area contributed by atoms with E-state index in [-0.39, 0.29) is 5.82 Å². The zero-order valence-corrected chi connectivity index (χ0v) is 15.0. The van der Waals surface area contributed by atoms with Crippen molar-refractivity contribution in [3.8, 4) is 17.3 Å². The van der Waals surface area contributed by atoms with Gasteiger partial charge in [-0.3, -0.25) is 0 Å². The summed E-state index contributed by atoms with van der Waals surface area (Å²) in [5.41, 5.74) is 2.47. The number of aromatic nitrogens is 1. The van der Waals surface area contributed by atoms with Crippen molar-refractivity contribution in [2.75, 3.05) is 5.32 Å². The summed E-state index contributed by atoms with van der Waals surface area (Å²) in [6.07, 6.45) is 1.54. The van der Waals surface area contributed by atoms with E-state index in [0.29, 0.717) is 32.0 Å². The van der Waals surface area contributed by atoms with Crippen molar-refractivity contribution >= 4 is 45.8 Å². The van der Waals surface area contributed by atoms with Gasteiger partial charge in [0.15, 0.2) is 0 Å². The summed E-state index contributed by atoms with van der Waals surface area (Å²) in [7, 11) is 0. The Hall–Kier alpha value is -2.39. The number of rotatable bonds is 4. The molecule has 0 amide bonds. The summed E-state index contributed by atoms with van der Waals surface area (Å²) >= 11 is 13.3. The fourth-order valence-corrected chi connectivity index (χ4v) is 3.31. The average Bonchev–Trinajstić information content (AvgIpc) is 3.07. The minimum absolute atomic E-state index is 0.305. The Morgan fingerprint density at radius 3 is 2.64 bits per heavy atom. The summed E-state index contributed by atoms with van der Waals surface area (Å²) in [6, 6.07) is 13.2. The first kappa shape index (κ1) is 17.4. The second kappa shape index (κ2) is 7.66. The molecule has 0 bridgehead atoms. The number of nitriles is 1. The molecule has 0 radical (unpaired) electrons. The molecule has 2 aromatic carbocycles. The van der Waals surface area contributed by atoms with Crippen LogP contribution in [-0.4, -0.2) is 4.98 Å². The molecule has 7 heteroatoms. The van der Waals surface area contributed by atoms with Gasteiger partial charge in [-0.05, 0) is 42.5 Å². The molecule has 0 fully saturated rings. The van der Waals surface area contributed by atoms with E-state index in [4.69, 9.17) is 23.2 Å². The molecule has 0 unspecified atom stereocenters. The Morgan fingerprint density at radius 2 is 1.96 bits per heavy atom. The Morgan fingerprint density at radius 1 is 1.20 bits per heavy atom. The zero-order chi connectivity index (χ0) is 17.8. The molecule has 0 saturated heterocycles. The van der Waals surface area contributed by atoms with Crippen LogP contribution in [0.25, 0.3) is 16.8 Å². The van der Waals surface area contributed by atoms with E-state index in [0.717, 1.165) is 5.56 Å². The number of anilines is 1. The van der Waals surface area contributed by atoms with Gasteiger partial charge in [0.1, 0.15) is 22.5 Å². The molecule has 0 aliphatic carbocycles. The van der Waals surface area contributed by atoms with Crippen LogP contribution in [0.1, 0.15) is 5.01 Å². The molecule has 1 heterocycles. The lowest BCUT2D eigenvalue weighted by atomic mass is 10.2. The maximum absolute atomic E-state index is 13.0. The van der Waals surface area contributed by atoms with Crippen LogP contribution in [0.2, 0.25) is 10.0 Å². The number of thiazole rings is 1. The highest BCUT2D eigenvalue weighted by Gasteiger charge is 2.09. The lowest BCUT2D eigenvalue weighted by Gasteiger charge is -2.04. The average molecular weight is 390 g/mol. The van der Waals surface area contributed by atoms with Crippen molar-refractivity contribution in [2.24, 2.45) is 0 Å². The molecule has 1 N–H and O–H groups in total. The fraction of sp³-hybridized carbons (Fsp3) is 0. The molecule has 0 spiro atoms. The van der Waals surface area contributed by atoms with E-state index < -0.39 is 0 Å². The predicted octanol–water partition coefficient (Wildman–Crippen LogP) is 6.23. The van der Waals surface area contributed by atoms with E-state index in [9.17, 15) is 9.65 Å². The van der Waals surface area contributed by atoms with Crippen molar-refractivity contribution in [1.82, 2.24) is 4.98 Å². The van der Waals surface area contributed by atoms with Gasteiger partial charge in [-0.25, -0.2) is 9.37 Å². The lowest BCUT2D eigenvalue weighted by Crippen LogP contribution is -1.92. The summed E-state index contributed by atoms with van der Waals surface area (Å²) in [5, 5.41) is 15.7. The number of halogens is 3. The third-order valence-corrected chi connectivity index (χ3v) is 4.72. The second-order valence-corrected chi connectivity index (χ2v) is 6.68. The van der Waals surface area contributed by atoms with Crippen LogP contribution in [0, 0.1) is 17.1 Å². The van der Waals surface area contributed by atoms with E-state index in [1.54, 1.807) is 36.5 Å². The first-order valence-corrected chi connectivity index (χ1v) is 8.74. The molecule has 0 aliphatic rings. The summed E-state index contributed by atoms with van der Waals surface area (Å²) in [6.45, 7) is 0. The van der Waals surface area contributed by atoms with Crippen molar-refractivity contribution in [2.45, 2.75) is 0 Å². The number of hydrogen-bond acceptors (Lipinski definition) is 4. The Bertz CT molecular complexity index is 975. The maximum Gasteiger partial charge on any atom is 0.136 e. The Balaban J connectivity index is 1.84. The highest BCUT2D eigenvalue weighted by Crippen LogP contribution is 2.28. The number of nitrogens with zero attached hydrogens (tertiary/aromatic N) is 2. The van der Waals surface area contributed by atoms with Gasteiger partial charge in [0.2, 0.25) is 0 Å². The van der Waals surface area contributed by atoms with Crippen LogP contribution < -0.4 is 5.32 Å². The standard InChI is InChI=1S/C18H10Cl2FN3S/c19-13-3-6-16(15(20)7-13)23-9-12(8-22)18-24-17(10-25-18)11-1-4-14(21)5-2-11/h1-7,9-10,23H. The highest BCUT2D eigenvalue weighted by molar-refractivity contribution is 7.11. The second-order valence-electron chi connectivity index (χ2n) is 4.98. The van der Waals surface area contributed by atoms with Gasteiger partial charge in [-0.15, -0.1) is 11.3 Å². The minimum atomic E-state index is -0.305. The van der Waals surface area contributed by atoms with Gasteiger partial charge in [0, 0.05) is 22.2 Å². The number of nitrogens with one attached hydrogen (secondary N) is 1. The smallest absolute Gasteiger partial charge is 0.136 e. The van der Waals surface area contributed by atoms with E-state index in [1.807, 2.05) is 5.38 Å². The maximum atomic E-state index is 13.0. The summed E-state index contributed by atoms with van der Waals surface area (Å²) in [4.78, 5) is 4.44. The van der Waals surface area contributed by atoms with Gasteiger partial charge in [0.25, 0.3) is 0 Å². The number of hydrogen-bond donors (Lipinski definition) is 1. The molecular weight excluding hydrogens is 380 g/mol. The van der Waals surface area contributed by atoms with Crippen molar-refractivity contribution in [3.63, 3.8) is 0 Å². The van der Waals surface area contributed by atoms with Gasteiger partial charge < -0.3 is 5.32 Å². The molecule has 3 nitrogen and oxygen atoms in total. The topological polar surface area (TPSA) is 48.7 Å².